The summed E-state index contributed by atoms with van der Waals surface area (Å²) in [5.74, 6) is 0.146. The number of rotatable bonds is 2. The van der Waals surface area contributed by atoms with Crippen molar-refractivity contribution in [2.45, 2.75) is 19.8 Å². The smallest absolute Gasteiger partial charge is 0.314 e. The molecule has 2 N–H and O–H groups in total. The second kappa shape index (κ2) is 4.34. The predicted molar refractivity (Wildman–Crippen MR) is 41.0 cm³/mol. The third-order valence-electron chi connectivity index (χ3n) is 2.03. The van der Waals surface area contributed by atoms with Gasteiger partial charge < -0.3 is 10.1 Å². The Hall–Kier alpha value is -0.570. The summed E-state index contributed by atoms with van der Waals surface area (Å²) in [4.78, 5) is 11.2. The number of hydrogen-bond acceptors (Lipinski definition) is 2. The van der Waals surface area contributed by atoms with Crippen LogP contribution < -0.4 is 5.32 Å². The third kappa shape index (κ3) is 2.50. The van der Waals surface area contributed by atoms with Crippen LogP contribution in [0.2, 0.25) is 0 Å². The number of carbonyl (C=O) groups excluding carboxylic acids is 1. The third-order valence-corrected chi connectivity index (χ3v) is 2.03. The van der Waals surface area contributed by atoms with Crippen molar-refractivity contribution in [2.24, 2.45) is 5.92 Å². The van der Waals surface area contributed by atoms with Crippen LogP contribution in [0.15, 0.2) is 0 Å². The monoisotopic (exact) mass is 158 g/mol. The molecule has 3 heteroatoms. The highest BCUT2D eigenvalue weighted by atomic mass is 16.5. The van der Waals surface area contributed by atoms with Gasteiger partial charge in [0.05, 0.1) is 19.7 Å². The molecule has 11 heavy (non-hydrogen) atoms. The Kier molecular flexibility index (Phi) is 3.36. The minimum atomic E-state index is -0.0107. The average molecular weight is 158 g/mol. The van der Waals surface area contributed by atoms with Crippen molar-refractivity contribution >= 4 is 5.97 Å². The van der Waals surface area contributed by atoms with Gasteiger partial charge in [0.15, 0.2) is 0 Å². The van der Waals surface area contributed by atoms with E-state index in [0.717, 1.165) is 25.9 Å². The molecule has 0 spiro atoms. The van der Waals surface area contributed by atoms with Crippen molar-refractivity contribution < 1.29 is 14.8 Å². The highest BCUT2D eigenvalue weighted by Crippen LogP contribution is 2.07. The summed E-state index contributed by atoms with van der Waals surface area (Å²) in [6.07, 6.45) is 2.15. The molecule has 0 aromatic carbocycles. The summed E-state index contributed by atoms with van der Waals surface area (Å²) in [6, 6.07) is 0. The topological polar surface area (TPSA) is 42.9 Å². The molecule has 3 nitrogen and oxygen atoms in total. The lowest BCUT2D eigenvalue weighted by Crippen LogP contribution is -2.87. The Morgan fingerprint density at radius 2 is 2.55 bits per heavy atom. The van der Waals surface area contributed by atoms with Crippen molar-refractivity contribution in [2.75, 3.05) is 19.7 Å². The Morgan fingerprint density at radius 3 is 3.09 bits per heavy atom. The van der Waals surface area contributed by atoms with E-state index in [2.05, 4.69) is 5.32 Å². The van der Waals surface area contributed by atoms with E-state index < -0.39 is 0 Å². The lowest BCUT2D eigenvalue weighted by atomic mass is 10.0. The zero-order valence-electron chi connectivity index (χ0n) is 7.01. The van der Waals surface area contributed by atoms with E-state index in [9.17, 15) is 4.79 Å². The van der Waals surface area contributed by atoms with Gasteiger partial charge in [0.1, 0.15) is 5.92 Å². The number of piperidine rings is 1. The first-order valence-corrected chi connectivity index (χ1v) is 4.33. The molecule has 64 valence electrons. The summed E-state index contributed by atoms with van der Waals surface area (Å²) >= 11 is 0. The van der Waals surface area contributed by atoms with Gasteiger partial charge in [-0.3, -0.25) is 4.79 Å². The molecule has 1 rings (SSSR count). The van der Waals surface area contributed by atoms with E-state index in [0.29, 0.717) is 6.61 Å². The molecule has 1 fully saturated rings. The van der Waals surface area contributed by atoms with Crippen molar-refractivity contribution in [3.8, 4) is 0 Å². The zero-order valence-corrected chi connectivity index (χ0v) is 7.01. The molecule has 1 saturated heterocycles. The standard InChI is InChI=1S/C8H15NO2/c1-2-11-8(10)7-4-3-5-9-6-7/h7,9H,2-6H2,1H3/p+1/t7-/m1/s1. The van der Waals surface area contributed by atoms with Crippen molar-refractivity contribution in [1.29, 1.82) is 0 Å². The molecule has 1 aliphatic rings. The summed E-state index contributed by atoms with van der Waals surface area (Å²) in [5.41, 5.74) is 0. The second-order valence-corrected chi connectivity index (χ2v) is 2.90. The second-order valence-electron chi connectivity index (χ2n) is 2.90. The van der Waals surface area contributed by atoms with E-state index in [1.165, 1.54) is 0 Å². The van der Waals surface area contributed by atoms with E-state index in [4.69, 9.17) is 4.74 Å². The molecule has 1 heterocycles. The highest BCUT2D eigenvalue weighted by Gasteiger charge is 2.24. The quantitative estimate of drug-likeness (QED) is 0.552. The maximum atomic E-state index is 11.2. The molecule has 0 bridgehead atoms. The maximum absolute atomic E-state index is 11.2. The first-order valence-electron chi connectivity index (χ1n) is 4.33. The van der Waals surface area contributed by atoms with Crippen LogP contribution in [0, 0.1) is 5.92 Å². The lowest BCUT2D eigenvalue weighted by molar-refractivity contribution is -0.666. The molecular formula is C8H16NO2+. The molecule has 0 saturated carbocycles. The van der Waals surface area contributed by atoms with Crippen LogP contribution in [0.3, 0.4) is 0 Å². The van der Waals surface area contributed by atoms with Gasteiger partial charge >= 0.3 is 5.97 Å². The van der Waals surface area contributed by atoms with Crippen LogP contribution in [-0.2, 0) is 9.53 Å². The van der Waals surface area contributed by atoms with Gasteiger partial charge in [0, 0.05) is 0 Å². The van der Waals surface area contributed by atoms with Crippen molar-refractivity contribution in [1.82, 2.24) is 0 Å². The lowest BCUT2D eigenvalue weighted by Gasteiger charge is -2.17. The average Bonchev–Trinajstić information content (AvgIpc) is 2.07. The van der Waals surface area contributed by atoms with E-state index in [1.807, 2.05) is 6.92 Å². The fraction of sp³-hybridized carbons (Fsp3) is 0.875. The van der Waals surface area contributed by atoms with Crippen molar-refractivity contribution in [3.63, 3.8) is 0 Å². The SMILES string of the molecule is CCOC(=O)[C@@H]1CCC[NH2+]C1. The van der Waals surface area contributed by atoms with Gasteiger partial charge in [0.25, 0.3) is 0 Å². The molecule has 0 unspecified atom stereocenters. The summed E-state index contributed by atoms with van der Waals surface area (Å²) in [6.45, 7) is 4.44. The van der Waals surface area contributed by atoms with E-state index in [1.54, 1.807) is 0 Å². The number of quaternary nitrogens is 1. The summed E-state index contributed by atoms with van der Waals surface area (Å²) < 4.78 is 4.92. The summed E-state index contributed by atoms with van der Waals surface area (Å²) in [5, 5.41) is 2.19. The van der Waals surface area contributed by atoms with Gasteiger partial charge in [-0.05, 0) is 19.8 Å². The Bertz CT molecular complexity index is 130. The van der Waals surface area contributed by atoms with Crippen LogP contribution in [-0.4, -0.2) is 25.7 Å². The first kappa shape index (κ1) is 8.53. The van der Waals surface area contributed by atoms with Gasteiger partial charge in [-0.2, -0.15) is 0 Å². The number of ether oxygens (including phenoxy) is 1. The van der Waals surface area contributed by atoms with Crippen LogP contribution >= 0.6 is 0 Å². The minimum absolute atomic E-state index is 0.0107. The largest absolute Gasteiger partial charge is 0.466 e. The van der Waals surface area contributed by atoms with E-state index >= 15 is 0 Å². The molecule has 1 aliphatic heterocycles. The first-order chi connectivity index (χ1) is 5.34. The highest BCUT2D eigenvalue weighted by molar-refractivity contribution is 5.72. The van der Waals surface area contributed by atoms with Crippen LogP contribution in [0.5, 0.6) is 0 Å². The molecule has 0 aromatic rings. The molecule has 0 aliphatic carbocycles. The minimum Gasteiger partial charge on any atom is -0.466 e. The zero-order chi connectivity index (χ0) is 8.10. The van der Waals surface area contributed by atoms with Crippen LogP contribution in [0.25, 0.3) is 0 Å². The number of hydrogen-bond donors (Lipinski definition) is 1. The normalized spacial score (nSPS) is 24.6. The molecule has 0 aromatic heterocycles. The van der Waals surface area contributed by atoms with E-state index in [-0.39, 0.29) is 11.9 Å². The maximum Gasteiger partial charge on any atom is 0.314 e. The van der Waals surface area contributed by atoms with Crippen LogP contribution in [0.4, 0.5) is 0 Å². The Labute approximate surface area is 67.1 Å². The van der Waals surface area contributed by atoms with Gasteiger partial charge in [-0.15, -0.1) is 0 Å². The molecular weight excluding hydrogens is 142 g/mol. The van der Waals surface area contributed by atoms with Gasteiger partial charge in [0.2, 0.25) is 0 Å². The fourth-order valence-corrected chi connectivity index (χ4v) is 1.42. The predicted octanol–water partition coefficient (Wildman–Crippen LogP) is -0.477. The van der Waals surface area contributed by atoms with Crippen LogP contribution in [0.1, 0.15) is 19.8 Å². The Balaban J connectivity index is 2.27. The van der Waals surface area contributed by atoms with Gasteiger partial charge in [-0.1, -0.05) is 0 Å². The number of nitrogens with two attached hydrogens (primary N) is 1. The fourth-order valence-electron chi connectivity index (χ4n) is 1.42. The van der Waals surface area contributed by atoms with Crippen molar-refractivity contribution in [3.05, 3.63) is 0 Å². The van der Waals surface area contributed by atoms with Gasteiger partial charge in [-0.25, -0.2) is 0 Å². The number of carbonyl (C=O) groups is 1. The summed E-state index contributed by atoms with van der Waals surface area (Å²) in [7, 11) is 0. The molecule has 0 radical (unpaired) electrons. The Morgan fingerprint density at radius 1 is 1.73 bits per heavy atom. The molecule has 0 amide bonds. The number of esters is 1. The molecule has 1 atom stereocenters.